The van der Waals surface area contributed by atoms with Crippen LogP contribution in [0.4, 0.5) is 5.69 Å². The molecule has 0 spiro atoms. The molecule has 2 N–H and O–H groups in total. The van der Waals surface area contributed by atoms with Crippen molar-refractivity contribution in [1.29, 1.82) is 0 Å². The Balaban J connectivity index is 1.61. The predicted molar refractivity (Wildman–Crippen MR) is 126 cm³/mol. The molecule has 0 saturated carbocycles. The van der Waals surface area contributed by atoms with E-state index < -0.39 is 0 Å². The van der Waals surface area contributed by atoms with Crippen LogP contribution in [0.1, 0.15) is 19.3 Å². The van der Waals surface area contributed by atoms with Crippen LogP contribution in [0.3, 0.4) is 0 Å². The summed E-state index contributed by atoms with van der Waals surface area (Å²) < 4.78 is 16.2. The van der Waals surface area contributed by atoms with E-state index in [0.29, 0.717) is 51.8 Å². The van der Waals surface area contributed by atoms with Crippen LogP contribution in [-0.4, -0.2) is 61.7 Å². The number of nitrogens with zero attached hydrogens (tertiary/aromatic N) is 2. The number of piperidine rings is 1. The fraction of sp³-hybridized carbons (Fsp3) is 0.375. The SMILES string of the molecule is COc1cc(-c2nc3ccc(NC(=O)CN4CCCCC4)cc3c(=O)[nH]2)cc(OC)c1OC. The first-order chi connectivity index (χ1) is 16.0. The van der Waals surface area contributed by atoms with Crippen LogP contribution in [0.25, 0.3) is 22.3 Å². The number of hydrogen-bond donors (Lipinski definition) is 2. The number of benzene rings is 2. The summed E-state index contributed by atoms with van der Waals surface area (Å²) in [6.07, 6.45) is 3.47. The van der Waals surface area contributed by atoms with Crippen molar-refractivity contribution in [2.45, 2.75) is 19.3 Å². The maximum atomic E-state index is 12.9. The highest BCUT2D eigenvalue weighted by atomic mass is 16.5. The quantitative estimate of drug-likeness (QED) is 0.568. The minimum absolute atomic E-state index is 0.0883. The Kier molecular flexibility index (Phi) is 6.79. The van der Waals surface area contributed by atoms with Gasteiger partial charge in [0.2, 0.25) is 11.7 Å². The summed E-state index contributed by atoms with van der Waals surface area (Å²) in [6, 6.07) is 8.57. The molecule has 2 aromatic carbocycles. The molecule has 9 heteroatoms. The van der Waals surface area contributed by atoms with E-state index in [1.807, 2.05) is 0 Å². The van der Waals surface area contributed by atoms with Crippen LogP contribution in [-0.2, 0) is 4.79 Å². The molecule has 0 atom stereocenters. The topological polar surface area (TPSA) is 106 Å². The summed E-state index contributed by atoms with van der Waals surface area (Å²) in [4.78, 5) is 34.8. The summed E-state index contributed by atoms with van der Waals surface area (Å²) in [5, 5.41) is 3.28. The Hall–Kier alpha value is -3.59. The summed E-state index contributed by atoms with van der Waals surface area (Å²) in [7, 11) is 4.58. The van der Waals surface area contributed by atoms with E-state index in [2.05, 4.69) is 20.2 Å². The minimum atomic E-state index is -0.309. The number of amides is 1. The van der Waals surface area contributed by atoms with Gasteiger partial charge in [-0.2, -0.15) is 0 Å². The molecule has 0 bridgehead atoms. The molecule has 3 aromatic rings. The molecule has 1 aromatic heterocycles. The van der Waals surface area contributed by atoms with Crippen molar-refractivity contribution >= 4 is 22.5 Å². The van der Waals surface area contributed by atoms with Gasteiger partial charge in [-0.25, -0.2) is 4.98 Å². The van der Waals surface area contributed by atoms with Crippen molar-refractivity contribution in [3.05, 3.63) is 40.7 Å². The fourth-order valence-electron chi connectivity index (χ4n) is 4.09. The highest BCUT2D eigenvalue weighted by molar-refractivity contribution is 5.94. The zero-order valence-corrected chi connectivity index (χ0v) is 19.1. The summed E-state index contributed by atoms with van der Waals surface area (Å²) in [5.74, 6) is 1.66. The number of rotatable bonds is 7. The van der Waals surface area contributed by atoms with Crippen LogP contribution >= 0.6 is 0 Å². The molecule has 1 aliphatic heterocycles. The lowest BCUT2D eigenvalue weighted by Gasteiger charge is -2.25. The number of fused-ring (bicyclic) bond motifs is 1. The van der Waals surface area contributed by atoms with E-state index in [1.165, 1.54) is 27.8 Å². The number of likely N-dealkylation sites (tertiary alicyclic amines) is 1. The van der Waals surface area contributed by atoms with Gasteiger partial charge in [-0.15, -0.1) is 0 Å². The molecule has 1 saturated heterocycles. The molecule has 9 nitrogen and oxygen atoms in total. The van der Waals surface area contributed by atoms with Gasteiger partial charge in [0, 0.05) is 11.3 Å². The van der Waals surface area contributed by atoms with Gasteiger partial charge in [-0.05, 0) is 56.3 Å². The number of methoxy groups -OCH3 is 3. The third-order valence-electron chi connectivity index (χ3n) is 5.74. The molecule has 0 unspecified atom stereocenters. The average Bonchev–Trinajstić information content (AvgIpc) is 2.83. The predicted octanol–water partition coefficient (Wildman–Crippen LogP) is 3.04. The average molecular weight is 453 g/mol. The second-order valence-electron chi connectivity index (χ2n) is 7.95. The van der Waals surface area contributed by atoms with Gasteiger partial charge < -0.3 is 24.5 Å². The van der Waals surface area contributed by atoms with Crippen molar-refractivity contribution in [2.24, 2.45) is 0 Å². The molecule has 1 amide bonds. The molecule has 2 heterocycles. The maximum Gasteiger partial charge on any atom is 0.259 e. The number of aromatic nitrogens is 2. The number of hydrogen-bond acceptors (Lipinski definition) is 7. The van der Waals surface area contributed by atoms with E-state index in [4.69, 9.17) is 14.2 Å². The third-order valence-corrected chi connectivity index (χ3v) is 5.74. The number of H-pyrrole nitrogens is 1. The molecule has 174 valence electrons. The molecule has 1 aliphatic rings. The van der Waals surface area contributed by atoms with Crippen LogP contribution in [0.2, 0.25) is 0 Å². The fourth-order valence-corrected chi connectivity index (χ4v) is 4.09. The lowest BCUT2D eigenvalue weighted by atomic mass is 10.1. The first-order valence-corrected chi connectivity index (χ1v) is 10.9. The van der Waals surface area contributed by atoms with Crippen LogP contribution in [0.5, 0.6) is 17.2 Å². The van der Waals surface area contributed by atoms with Crippen molar-refractivity contribution in [3.63, 3.8) is 0 Å². The molecule has 4 rings (SSSR count). The van der Waals surface area contributed by atoms with Gasteiger partial charge in [0.05, 0.1) is 38.8 Å². The van der Waals surface area contributed by atoms with Crippen molar-refractivity contribution in [3.8, 4) is 28.6 Å². The summed E-state index contributed by atoms with van der Waals surface area (Å²) in [5.41, 5.74) is 1.38. The van der Waals surface area contributed by atoms with Crippen LogP contribution < -0.4 is 25.1 Å². The largest absolute Gasteiger partial charge is 0.493 e. The van der Waals surface area contributed by atoms with E-state index in [-0.39, 0.29) is 11.5 Å². The van der Waals surface area contributed by atoms with Gasteiger partial charge in [-0.1, -0.05) is 6.42 Å². The first kappa shape index (κ1) is 22.6. The Labute approximate surface area is 191 Å². The van der Waals surface area contributed by atoms with E-state index in [9.17, 15) is 9.59 Å². The van der Waals surface area contributed by atoms with Gasteiger partial charge in [0.25, 0.3) is 5.56 Å². The van der Waals surface area contributed by atoms with E-state index >= 15 is 0 Å². The number of anilines is 1. The van der Waals surface area contributed by atoms with Gasteiger partial charge >= 0.3 is 0 Å². The molecule has 33 heavy (non-hydrogen) atoms. The smallest absolute Gasteiger partial charge is 0.259 e. The number of ether oxygens (including phenoxy) is 3. The van der Waals surface area contributed by atoms with Gasteiger partial charge in [-0.3, -0.25) is 14.5 Å². The van der Waals surface area contributed by atoms with Crippen LogP contribution in [0, 0.1) is 0 Å². The van der Waals surface area contributed by atoms with Crippen LogP contribution in [0.15, 0.2) is 35.1 Å². The minimum Gasteiger partial charge on any atom is -0.493 e. The first-order valence-electron chi connectivity index (χ1n) is 10.9. The van der Waals surface area contributed by atoms with E-state index in [1.54, 1.807) is 30.3 Å². The Morgan fingerprint density at radius 1 is 1.03 bits per heavy atom. The molecular formula is C24H28N4O5. The standard InChI is InChI=1S/C24H28N4O5/c1-31-19-11-15(12-20(32-2)22(19)33-3)23-26-18-8-7-16(13-17(18)24(30)27-23)25-21(29)14-28-9-5-4-6-10-28/h7-8,11-13H,4-6,9-10,14H2,1-3H3,(H,25,29)(H,26,27,30). The lowest BCUT2D eigenvalue weighted by Crippen LogP contribution is -2.36. The number of carbonyl (C=O) groups is 1. The maximum absolute atomic E-state index is 12.9. The van der Waals surface area contributed by atoms with Crippen molar-refractivity contribution in [1.82, 2.24) is 14.9 Å². The number of carbonyl (C=O) groups excluding carboxylic acids is 1. The second kappa shape index (κ2) is 9.91. The molecule has 0 radical (unpaired) electrons. The Morgan fingerprint density at radius 3 is 2.36 bits per heavy atom. The van der Waals surface area contributed by atoms with Gasteiger partial charge in [0.15, 0.2) is 11.5 Å². The lowest BCUT2D eigenvalue weighted by molar-refractivity contribution is -0.117. The number of nitrogens with one attached hydrogen (secondary N) is 2. The highest BCUT2D eigenvalue weighted by Crippen LogP contribution is 2.40. The third kappa shape index (κ3) is 4.93. The molecule has 0 aliphatic carbocycles. The Morgan fingerprint density at radius 2 is 1.73 bits per heavy atom. The van der Waals surface area contributed by atoms with Crippen molar-refractivity contribution < 1.29 is 19.0 Å². The molecular weight excluding hydrogens is 424 g/mol. The molecule has 1 fully saturated rings. The Bertz CT molecular complexity index is 1190. The summed E-state index contributed by atoms with van der Waals surface area (Å²) >= 11 is 0. The van der Waals surface area contributed by atoms with Crippen molar-refractivity contribution in [2.75, 3.05) is 46.3 Å². The number of aromatic amines is 1. The normalized spacial score (nSPS) is 14.2. The van der Waals surface area contributed by atoms with E-state index in [0.717, 1.165) is 25.9 Å². The zero-order chi connectivity index (χ0) is 23.4. The monoisotopic (exact) mass is 452 g/mol. The highest BCUT2D eigenvalue weighted by Gasteiger charge is 2.17. The second-order valence-corrected chi connectivity index (χ2v) is 7.95. The zero-order valence-electron chi connectivity index (χ0n) is 19.1. The summed E-state index contributed by atoms with van der Waals surface area (Å²) in [6.45, 7) is 2.24. The van der Waals surface area contributed by atoms with Gasteiger partial charge in [0.1, 0.15) is 5.82 Å².